The van der Waals surface area contributed by atoms with Crippen molar-refractivity contribution in [3.05, 3.63) is 80.6 Å². The molecule has 42 heavy (non-hydrogen) atoms. The maximum atomic E-state index is 13.1. The van der Waals surface area contributed by atoms with Crippen LogP contribution < -0.4 is 10.6 Å². The molecule has 0 unspecified atom stereocenters. The van der Waals surface area contributed by atoms with Crippen LogP contribution in [0.15, 0.2) is 41.3 Å². The number of aryl methyl sites for hydroxylation is 2. The lowest BCUT2D eigenvalue weighted by Gasteiger charge is -2.21. The highest BCUT2D eigenvalue weighted by molar-refractivity contribution is 7.98. The molecular weight excluding hydrogens is 564 g/mol. The maximum Gasteiger partial charge on any atom is 0.227 e. The zero-order valence-corrected chi connectivity index (χ0v) is 27.6. The van der Waals surface area contributed by atoms with E-state index in [9.17, 15) is 9.59 Å². The number of nitrogens with zero attached hydrogens (tertiary/aromatic N) is 1. The average Bonchev–Trinajstić information content (AvgIpc) is 3.25. The van der Waals surface area contributed by atoms with Gasteiger partial charge in [0.2, 0.25) is 5.91 Å². The first-order valence-electron chi connectivity index (χ1n) is 14.8. The van der Waals surface area contributed by atoms with E-state index in [0.717, 1.165) is 68.0 Å². The highest BCUT2D eigenvalue weighted by atomic mass is 35.5. The van der Waals surface area contributed by atoms with Crippen molar-refractivity contribution in [2.24, 2.45) is 0 Å². The fourth-order valence-electron chi connectivity index (χ4n) is 5.03. The Morgan fingerprint density at radius 2 is 1.81 bits per heavy atom. The summed E-state index contributed by atoms with van der Waals surface area (Å²) >= 11 is 8.24. The van der Waals surface area contributed by atoms with Crippen LogP contribution in [0.5, 0.6) is 0 Å². The fourth-order valence-corrected chi connectivity index (χ4v) is 6.39. The third kappa shape index (κ3) is 8.09. The number of halogens is 1. The van der Waals surface area contributed by atoms with E-state index in [1.807, 2.05) is 63.9 Å². The van der Waals surface area contributed by atoms with Crippen molar-refractivity contribution in [2.45, 2.75) is 65.0 Å². The number of nitrogens with one attached hydrogen (secondary N) is 3. The van der Waals surface area contributed by atoms with Crippen molar-refractivity contribution in [3.8, 4) is 0 Å². The molecule has 226 valence electrons. The van der Waals surface area contributed by atoms with Gasteiger partial charge in [-0.2, -0.15) is 0 Å². The van der Waals surface area contributed by atoms with Crippen LogP contribution in [-0.4, -0.2) is 54.8 Å². The Labute approximate surface area is 260 Å². The van der Waals surface area contributed by atoms with Gasteiger partial charge in [-0.05, 0) is 100 Å². The van der Waals surface area contributed by atoms with E-state index in [4.69, 9.17) is 11.6 Å². The van der Waals surface area contributed by atoms with Gasteiger partial charge in [-0.25, -0.2) is 0 Å². The van der Waals surface area contributed by atoms with Gasteiger partial charge in [0.25, 0.3) is 0 Å². The third-order valence-corrected chi connectivity index (χ3v) is 9.09. The van der Waals surface area contributed by atoms with Gasteiger partial charge in [0.05, 0.1) is 13.0 Å². The quantitative estimate of drug-likeness (QED) is 0.166. The molecule has 2 aromatic carbocycles. The molecule has 1 aliphatic rings. The first-order chi connectivity index (χ1) is 20.2. The molecule has 3 aromatic rings. The number of aromatic nitrogens is 1. The van der Waals surface area contributed by atoms with Crippen LogP contribution in [0.25, 0.3) is 11.6 Å². The molecule has 6 nitrogen and oxygen atoms in total. The number of hydrogen-bond donors (Lipinski definition) is 3. The topological polar surface area (TPSA) is 77.2 Å². The van der Waals surface area contributed by atoms with Crippen molar-refractivity contribution in [1.29, 1.82) is 0 Å². The number of likely N-dealkylation sites (N-methyl/N-ethyl adjacent to an activating group) is 1. The van der Waals surface area contributed by atoms with Gasteiger partial charge >= 0.3 is 0 Å². The molecule has 1 aliphatic heterocycles. The number of ketones is 1. The molecule has 1 amide bonds. The van der Waals surface area contributed by atoms with Crippen LogP contribution in [0.3, 0.4) is 0 Å². The first kappa shape index (κ1) is 33.5. The number of aromatic amines is 1. The molecule has 0 saturated carbocycles. The predicted molar refractivity (Wildman–Crippen MR) is 180 cm³/mol. The summed E-state index contributed by atoms with van der Waals surface area (Å²) < 4.78 is 0. The Kier molecular flexibility index (Phi) is 12.8. The number of H-pyrrole nitrogens is 1. The summed E-state index contributed by atoms with van der Waals surface area (Å²) in [5, 5.41) is 6.98. The van der Waals surface area contributed by atoms with Crippen LogP contribution in [0, 0.1) is 13.8 Å². The van der Waals surface area contributed by atoms with Gasteiger partial charge in [-0.3, -0.25) is 9.59 Å². The van der Waals surface area contributed by atoms with Gasteiger partial charge in [-0.1, -0.05) is 37.6 Å². The van der Waals surface area contributed by atoms with Crippen LogP contribution in [0.1, 0.15) is 66.9 Å². The highest BCUT2D eigenvalue weighted by Crippen LogP contribution is 2.36. The zero-order valence-electron chi connectivity index (χ0n) is 26.0. The van der Waals surface area contributed by atoms with E-state index in [-0.39, 0.29) is 18.2 Å². The number of amides is 1. The van der Waals surface area contributed by atoms with E-state index >= 15 is 0 Å². The zero-order chi connectivity index (χ0) is 30.8. The number of benzene rings is 2. The molecule has 0 bridgehead atoms. The number of carbonyl (C=O) groups is 2. The molecule has 0 radical (unpaired) electrons. The molecule has 1 aromatic heterocycles. The Hall–Kier alpha value is -3.00. The van der Waals surface area contributed by atoms with Crippen molar-refractivity contribution < 1.29 is 9.59 Å². The summed E-state index contributed by atoms with van der Waals surface area (Å²) in [5.41, 5.74) is 8.81. The molecule has 0 fully saturated rings. The van der Waals surface area contributed by atoms with Crippen molar-refractivity contribution in [1.82, 2.24) is 15.2 Å². The summed E-state index contributed by atoms with van der Waals surface area (Å²) in [6.07, 6.45) is 3.24. The molecule has 0 saturated heterocycles. The number of hydrogen-bond acceptors (Lipinski definition) is 5. The average molecular weight is 609 g/mol. The van der Waals surface area contributed by atoms with E-state index in [0.29, 0.717) is 25.1 Å². The number of rotatable bonds is 10. The minimum absolute atomic E-state index is 0.0476. The Morgan fingerprint density at radius 3 is 2.45 bits per heavy atom. The molecular formula is C34H45ClN4O2S. The van der Waals surface area contributed by atoms with Gasteiger partial charge in [0.15, 0.2) is 5.78 Å². The second-order valence-electron chi connectivity index (χ2n) is 10.3. The smallest absolute Gasteiger partial charge is 0.227 e. The van der Waals surface area contributed by atoms with Crippen LogP contribution in [0.4, 0.5) is 5.69 Å². The summed E-state index contributed by atoms with van der Waals surface area (Å²) in [4.78, 5) is 32.2. The summed E-state index contributed by atoms with van der Waals surface area (Å²) in [7, 11) is 1.93. The molecule has 4 rings (SSSR count). The lowest BCUT2D eigenvalue weighted by atomic mass is 9.94. The van der Waals surface area contributed by atoms with Crippen LogP contribution >= 0.6 is 23.4 Å². The maximum absolute atomic E-state index is 13.1. The highest BCUT2D eigenvalue weighted by Gasteiger charge is 2.24. The van der Waals surface area contributed by atoms with Crippen molar-refractivity contribution in [2.75, 3.05) is 38.5 Å². The number of fused-ring (bicyclic) bond motifs is 1. The van der Waals surface area contributed by atoms with Crippen molar-refractivity contribution in [3.63, 3.8) is 0 Å². The van der Waals surface area contributed by atoms with E-state index in [1.54, 1.807) is 11.8 Å². The SMILES string of the molecule is CCNC.CCc1cccc(Cl)c1CSc1ccc2c(c1)/C(=C/c1[nH]c(C)c(CC(=O)N(CC)CC)c1C)C(=O)CN2. The van der Waals surface area contributed by atoms with Gasteiger partial charge < -0.3 is 20.5 Å². The summed E-state index contributed by atoms with van der Waals surface area (Å²) in [6, 6.07) is 12.3. The van der Waals surface area contributed by atoms with Crippen LogP contribution in [-0.2, 0) is 28.2 Å². The molecule has 0 aliphatic carbocycles. The largest absolute Gasteiger partial charge is 0.377 e. The van der Waals surface area contributed by atoms with Gasteiger partial charge in [0.1, 0.15) is 0 Å². The van der Waals surface area contributed by atoms with Gasteiger partial charge in [-0.15, -0.1) is 11.8 Å². The fraction of sp³-hybridized carbons (Fsp3) is 0.412. The minimum atomic E-state index is 0.0476. The number of thioether (sulfide) groups is 1. The normalized spacial score (nSPS) is 13.3. The Bertz CT molecular complexity index is 1420. The third-order valence-electron chi connectivity index (χ3n) is 7.72. The summed E-state index contributed by atoms with van der Waals surface area (Å²) in [5.74, 6) is 0.932. The van der Waals surface area contributed by atoms with Crippen molar-refractivity contribution >= 4 is 52.4 Å². The second-order valence-corrected chi connectivity index (χ2v) is 11.7. The Balaban J connectivity index is 0.00000114. The monoisotopic (exact) mass is 608 g/mol. The number of carbonyl (C=O) groups excluding carboxylic acids is 2. The number of Topliss-reactive ketones (excluding diaryl/α,β-unsaturated/α-hetero) is 1. The van der Waals surface area contributed by atoms with E-state index in [1.165, 1.54) is 5.56 Å². The molecule has 0 spiro atoms. The lowest BCUT2D eigenvalue weighted by molar-refractivity contribution is -0.130. The number of anilines is 1. The molecule has 3 N–H and O–H groups in total. The van der Waals surface area contributed by atoms with E-state index < -0.39 is 0 Å². The van der Waals surface area contributed by atoms with Crippen LogP contribution in [0.2, 0.25) is 5.02 Å². The standard InChI is InChI=1S/C31H36ClN3O2S.C3H9N/c1-6-21-10-9-11-27(32)26(21)18-38-22-12-13-28-24(14-22)25(30(36)17-33-28)15-29-19(4)23(20(5)34-29)16-31(37)35(7-2)8-3;1-3-4-2/h9-15,33-34H,6-8,16-18H2,1-5H3;4H,3H2,1-2H3/b25-15-;. The predicted octanol–water partition coefficient (Wildman–Crippen LogP) is 7.31. The molecule has 0 atom stereocenters. The van der Waals surface area contributed by atoms with Gasteiger partial charge in [0, 0.05) is 57.0 Å². The molecule has 2 heterocycles. The minimum Gasteiger partial charge on any atom is -0.377 e. The Morgan fingerprint density at radius 1 is 1.10 bits per heavy atom. The first-order valence-corrected chi connectivity index (χ1v) is 16.2. The molecule has 8 heteroatoms. The summed E-state index contributed by atoms with van der Waals surface area (Å²) in [6.45, 7) is 14.9. The van der Waals surface area contributed by atoms with E-state index in [2.05, 4.69) is 47.7 Å². The lowest BCUT2D eigenvalue weighted by Crippen LogP contribution is -2.32. The second kappa shape index (κ2) is 16.0.